The molecule has 3 aliphatic carbocycles. The van der Waals surface area contributed by atoms with Gasteiger partial charge in [-0.15, -0.1) is 0 Å². The molecule has 2 heterocycles. The van der Waals surface area contributed by atoms with E-state index in [0.29, 0.717) is 29.3 Å². The summed E-state index contributed by atoms with van der Waals surface area (Å²) < 4.78 is 5.97. The summed E-state index contributed by atoms with van der Waals surface area (Å²) in [7, 11) is 4.16. The largest absolute Gasteiger partial charge is 0.489 e. The van der Waals surface area contributed by atoms with Crippen LogP contribution in [0, 0.1) is 23.2 Å². The monoisotopic (exact) mass is 571 g/mol. The van der Waals surface area contributed by atoms with Crippen LogP contribution in [0.1, 0.15) is 33.6 Å². The molecule has 4 aliphatic rings. The zero-order valence-corrected chi connectivity index (χ0v) is 24.9. The standard InChI is InChI=1S/C29H42ClN7O3/c1-28(2)18-14-20(26(39)31-8-12-38)29(3,24(28)15-18)35-25-21(30)17-32-27(34-25)33-19-6-7-22-23(16-19)40-13-11-37(22)10-9-36(4)5/h6-7,16-18,20,24,38H,8-15H2,1-5H3,(H,31,39)(H2,32,33,34,35)/t18-,20-,24-,29+/m1/s1. The van der Waals surface area contributed by atoms with Gasteiger partial charge in [0.1, 0.15) is 17.4 Å². The van der Waals surface area contributed by atoms with Crippen LogP contribution in [0.4, 0.5) is 23.1 Å². The van der Waals surface area contributed by atoms with Crippen molar-refractivity contribution in [2.45, 2.75) is 39.2 Å². The molecule has 0 saturated heterocycles. The van der Waals surface area contributed by atoms with Crippen molar-refractivity contribution in [1.82, 2.24) is 20.2 Å². The second kappa shape index (κ2) is 11.2. The highest BCUT2D eigenvalue weighted by Gasteiger charge is 2.64. The van der Waals surface area contributed by atoms with Crippen LogP contribution in [0.3, 0.4) is 0 Å². The number of halogens is 1. The second-order valence-corrected chi connectivity index (χ2v) is 12.8. The van der Waals surface area contributed by atoms with Crippen molar-refractivity contribution >= 4 is 40.6 Å². The third-order valence-corrected chi connectivity index (χ3v) is 9.57. The van der Waals surface area contributed by atoms with E-state index in [4.69, 9.17) is 21.3 Å². The maximum Gasteiger partial charge on any atom is 0.229 e. The number of anilines is 4. The van der Waals surface area contributed by atoms with Gasteiger partial charge < -0.3 is 35.6 Å². The molecule has 1 amide bonds. The lowest BCUT2D eigenvalue weighted by Gasteiger charge is -2.66. The fourth-order valence-corrected chi connectivity index (χ4v) is 7.01. The lowest BCUT2D eigenvalue weighted by atomic mass is 9.40. The predicted octanol–water partition coefficient (Wildman–Crippen LogP) is 3.60. The van der Waals surface area contributed by atoms with Gasteiger partial charge in [0.2, 0.25) is 11.9 Å². The number of carbonyl (C=O) groups excluding carboxylic acids is 1. The molecule has 1 aromatic heterocycles. The van der Waals surface area contributed by atoms with E-state index in [0.717, 1.165) is 49.6 Å². The summed E-state index contributed by atoms with van der Waals surface area (Å²) in [6.07, 6.45) is 3.41. The number of hydrogen-bond donors (Lipinski definition) is 4. The van der Waals surface area contributed by atoms with Gasteiger partial charge in [-0.1, -0.05) is 25.4 Å². The van der Waals surface area contributed by atoms with E-state index in [2.05, 4.69) is 71.7 Å². The zero-order valence-electron chi connectivity index (χ0n) is 24.1. The number of aliphatic hydroxyl groups is 1. The Balaban J connectivity index is 1.36. The van der Waals surface area contributed by atoms with Gasteiger partial charge in [-0.25, -0.2) is 4.98 Å². The third kappa shape index (κ3) is 5.41. The number of fused-ring (bicyclic) bond motifs is 3. The Labute approximate surface area is 241 Å². The van der Waals surface area contributed by atoms with Crippen LogP contribution in [-0.4, -0.2) is 84.9 Å². The van der Waals surface area contributed by atoms with Gasteiger partial charge in [0, 0.05) is 31.4 Å². The molecule has 218 valence electrons. The molecule has 1 aliphatic heterocycles. The summed E-state index contributed by atoms with van der Waals surface area (Å²) in [5, 5.41) is 19.4. The van der Waals surface area contributed by atoms with Gasteiger partial charge in [-0.2, -0.15) is 4.98 Å². The average Bonchev–Trinajstić information content (AvgIpc) is 2.91. The number of likely N-dealkylation sites (N-methyl/N-ethyl adjacent to an activating group) is 1. The Morgan fingerprint density at radius 1 is 1.27 bits per heavy atom. The van der Waals surface area contributed by atoms with Crippen molar-refractivity contribution < 1.29 is 14.6 Å². The maximum absolute atomic E-state index is 13.2. The number of amides is 1. The van der Waals surface area contributed by atoms with Crippen LogP contribution in [0.25, 0.3) is 0 Å². The minimum atomic E-state index is -0.567. The maximum atomic E-state index is 13.2. The van der Waals surface area contributed by atoms with E-state index in [1.165, 1.54) is 0 Å². The fourth-order valence-electron chi connectivity index (χ4n) is 6.87. The number of aliphatic hydroxyl groups excluding tert-OH is 1. The van der Waals surface area contributed by atoms with Gasteiger partial charge in [0.15, 0.2) is 5.82 Å². The summed E-state index contributed by atoms with van der Waals surface area (Å²) in [6, 6.07) is 6.04. The Morgan fingerprint density at radius 3 is 2.80 bits per heavy atom. The van der Waals surface area contributed by atoms with Crippen molar-refractivity contribution in [1.29, 1.82) is 0 Å². The second-order valence-electron chi connectivity index (χ2n) is 12.4. The molecule has 3 saturated carbocycles. The molecule has 3 fully saturated rings. The number of ether oxygens (including phenoxy) is 1. The number of nitrogens with one attached hydrogen (secondary N) is 3. The minimum absolute atomic E-state index is 0.0496. The molecule has 0 spiro atoms. The molecule has 0 unspecified atom stereocenters. The molecule has 4 atom stereocenters. The Morgan fingerprint density at radius 2 is 2.08 bits per heavy atom. The first kappa shape index (κ1) is 28.7. The first-order valence-corrected chi connectivity index (χ1v) is 14.5. The molecule has 10 nitrogen and oxygen atoms in total. The highest BCUT2D eigenvalue weighted by atomic mass is 35.5. The normalized spacial score (nSPS) is 26.4. The molecule has 6 rings (SSSR count). The molecular weight excluding hydrogens is 530 g/mol. The smallest absolute Gasteiger partial charge is 0.229 e. The molecule has 2 bridgehead atoms. The topological polar surface area (TPSA) is 115 Å². The van der Waals surface area contributed by atoms with Crippen molar-refractivity contribution in [3.63, 3.8) is 0 Å². The van der Waals surface area contributed by atoms with Crippen LogP contribution in [0.15, 0.2) is 24.4 Å². The third-order valence-electron chi connectivity index (χ3n) is 9.29. The van der Waals surface area contributed by atoms with E-state index in [9.17, 15) is 9.90 Å². The lowest BCUT2D eigenvalue weighted by Crippen LogP contribution is -2.69. The van der Waals surface area contributed by atoms with E-state index in [1.807, 2.05) is 12.1 Å². The van der Waals surface area contributed by atoms with Gasteiger partial charge in [0.25, 0.3) is 0 Å². The van der Waals surface area contributed by atoms with E-state index in [-0.39, 0.29) is 36.3 Å². The zero-order chi connectivity index (χ0) is 28.7. The number of hydrogen-bond acceptors (Lipinski definition) is 9. The molecule has 0 radical (unpaired) electrons. The number of aromatic nitrogens is 2. The van der Waals surface area contributed by atoms with Gasteiger partial charge >= 0.3 is 0 Å². The fraction of sp³-hybridized carbons (Fsp3) is 0.621. The summed E-state index contributed by atoms with van der Waals surface area (Å²) in [5.41, 5.74) is 1.42. The van der Waals surface area contributed by atoms with Gasteiger partial charge in [0.05, 0.1) is 36.5 Å². The van der Waals surface area contributed by atoms with Crippen molar-refractivity contribution in [3.05, 3.63) is 29.4 Å². The number of carbonyl (C=O) groups is 1. The van der Waals surface area contributed by atoms with Crippen LogP contribution in [0.5, 0.6) is 5.75 Å². The van der Waals surface area contributed by atoms with Crippen LogP contribution >= 0.6 is 11.6 Å². The van der Waals surface area contributed by atoms with E-state index < -0.39 is 5.54 Å². The molecule has 4 N–H and O–H groups in total. The Kier molecular flexibility index (Phi) is 8.05. The lowest BCUT2D eigenvalue weighted by molar-refractivity contribution is -0.156. The summed E-state index contributed by atoms with van der Waals surface area (Å²) in [5.74, 6) is 2.15. The van der Waals surface area contributed by atoms with Crippen LogP contribution in [0.2, 0.25) is 5.02 Å². The first-order chi connectivity index (χ1) is 19.0. The van der Waals surface area contributed by atoms with E-state index in [1.54, 1.807) is 6.20 Å². The first-order valence-electron chi connectivity index (χ1n) is 14.2. The molecule has 40 heavy (non-hydrogen) atoms. The van der Waals surface area contributed by atoms with Gasteiger partial charge in [-0.05, 0) is 63.2 Å². The van der Waals surface area contributed by atoms with Crippen LogP contribution in [-0.2, 0) is 4.79 Å². The highest BCUT2D eigenvalue weighted by Crippen LogP contribution is 2.65. The molecule has 11 heteroatoms. The summed E-state index contributed by atoms with van der Waals surface area (Å²) in [6.45, 7) is 10.2. The SMILES string of the molecule is CN(C)CCN1CCOc2cc(Nc3ncc(Cl)c(N[C@@]4(C)[C@@H](C(=O)NCCO)C[C@@H]5C[C@@H]4C5(C)C)n3)ccc21. The highest BCUT2D eigenvalue weighted by molar-refractivity contribution is 6.32. The average molecular weight is 572 g/mol. The Bertz CT molecular complexity index is 1240. The summed E-state index contributed by atoms with van der Waals surface area (Å²) >= 11 is 6.61. The molecule has 2 aromatic rings. The molecule has 1 aromatic carbocycles. The molecular formula is C29H42ClN7O3. The quantitative estimate of drug-likeness (QED) is 0.339. The number of rotatable bonds is 10. The Hall–Kier alpha value is -2.82. The number of benzene rings is 1. The van der Waals surface area contributed by atoms with Crippen LogP contribution < -0.4 is 25.6 Å². The van der Waals surface area contributed by atoms with Crippen molar-refractivity contribution in [2.24, 2.45) is 23.2 Å². The minimum Gasteiger partial charge on any atom is -0.489 e. The van der Waals surface area contributed by atoms with Crippen molar-refractivity contribution in [3.8, 4) is 5.75 Å². The number of nitrogens with zero attached hydrogens (tertiary/aromatic N) is 4. The van der Waals surface area contributed by atoms with Gasteiger partial charge in [-0.3, -0.25) is 4.79 Å². The van der Waals surface area contributed by atoms with Crippen molar-refractivity contribution in [2.75, 3.05) is 69.0 Å². The predicted molar refractivity (Wildman–Crippen MR) is 159 cm³/mol. The summed E-state index contributed by atoms with van der Waals surface area (Å²) in [4.78, 5) is 26.9. The van der Waals surface area contributed by atoms with E-state index >= 15 is 0 Å².